The van der Waals surface area contributed by atoms with E-state index in [-0.39, 0.29) is 48.4 Å². The van der Waals surface area contributed by atoms with Crippen molar-refractivity contribution in [3.8, 4) is 0 Å². The van der Waals surface area contributed by atoms with E-state index in [1.54, 1.807) is 30.3 Å². The number of piperidine rings is 2. The Labute approximate surface area is 417 Å². The molecular weight excluding hydrogens is 949 g/mol. The first-order valence-electron chi connectivity index (χ1n) is 23.1. The number of fused-ring (bicyclic) bond motifs is 2. The molecule has 2 aliphatic rings. The molecule has 71 heavy (non-hydrogen) atoms. The average Bonchev–Trinajstić information content (AvgIpc) is 3.91. The van der Waals surface area contributed by atoms with Crippen LogP contribution in [0.5, 0.6) is 0 Å². The predicted octanol–water partition coefficient (Wildman–Crippen LogP) is 8.90. The Balaban J connectivity index is 0.000000210. The van der Waals surface area contributed by atoms with Crippen LogP contribution in [0.2, 0.25) is 0 Å². The number of carbonyl (C=O) groups is 3. The molecule has 0 unspecified atom stereocenters. The summed E-state index contributed by atoms with van der Waals surface area (Å²) in [4.78, 5) is 49.8. The van der Waals surface area contributed by atoms with Gasteiger partial charge in [0.15, 0.2) is 11.3 Å². The summed E-state index contributed by atoms with van der Waals surface area (Å²) in [5.74, 6) is -1.37. The molecule has 19 nitrogen and oxygen atoms in total. The van der Waals surface area contributed by atoms with Crippen LogP contribution in [-0.4, -0.2) is 110 Å². The molecule has 0 saturated carbocycles. The SMILES string of the molecule is C.CS(=O)(=O)Nc1ccccc1C(=O)O.Cc1nc2cc([C@@H]3CCCCN3C(=O)OC(C)(C)C)nn2c(C)c1C.Cc1nc2cc([C@@H]3CCCCN3C(=O)c3ccccc3NS(C)(=O)=O)nn2c(C)c1C. The molecule has 3 N–H and O–H groups in total. The summed E-state index contributed by atoms with van der Waals surface area (Å²) < 4.78 is 59.2. The number of aromatic nitrogens is 6. The Morgan fingerprint density at radius 3 is 1.49 bits per heavy atom. The standard InChI is InChI=1S/C22H27N5O3S.C19H28N4O2.C8H9NO4S.CH4/c1-14-15(2)23-21-13-19(24-27(21)16(14)3)20-11-7-8-12-26(20)22(28)17-9-5-6-10-18(17)25-31(4,29)30;1-12-13(2)20-17-11-15(21-23(17)14(12)3)16-9-7-8-10-22(16)18(24)25-19(4,5)6;1-14(12,13)9-7-5-3-2-4-6(7)8(10)11;/h5-6,9-10,13,20,25H,7-8,11-12H2,1-4H3;11,16H,7-10H2,1-6H3;2-5,9H,1H3,(H,10,11);1H4/t20-;16-;;/m00../s1. The molecule has 2 fully saturated rings. The number of benzene rings is 2. The van der Waals surface area contributed by atoms with Gasteiger partial charge in [0.2, 0.25) is 20.0 Å². The molecule has 0 radical (unpaired) electrons. The van der Waals surface area contributed by atoms with E-state index in [9.17, 15) is 31.2 Å². The lowest BCUT2D eigenvalue weighted by Gasteiger charge is -2.35. The van der Waals surface area contributed by atoms with Gasteiger partial charge in [-0.25, -0.2) is 45.4 Å². The molecule has 21 heteroatoms. The van der Waals surface area contributed by atoms with E-state index in [0.717, 1.165) is 108 Å². The summed E-state index contributed by atoms with van der Waals surface area (Å²) in [5, 5.41) is 18.3. The van der Waals surface area contributed by atoms with Gasteiger partial charge in [-0.15, -0.1) is 0 Å². The minimum absolute atomic E-state index is 0. The predicted molar refractivity (Wildman–Crippen MR) is 275 cm³/mol. The summed E-state index contributed by atoms with van der Waals surface area (Å²) >= 11 is 0. The van der Waals surface area contributed by atoms with E-state index in [1.807, 2.05) is 79.4 Å². The molecule has 2 saturated heterocycles. The number of anilines is 2. The van der Waals surface area contributed by atoms with Gasteiger partial charge in [0.25, 0.3) is 5.91 Å². The van der Waals surface area contributed by atoms with Crippen LogP contribution in [0.15, 0.2) is 60.7 Å². The van der Waals surface area contributed by atoms with Crippen LogP contribution in [-0.2, 0) is 24.8 Å². The van der Waals surface area contributed by atoms with E-state index in [4.69, 9.17) is 20.0 Å². The first-order valence-corrected chi connectivity index (χ1v) is 26.9. The number of rotatable bonds is 8. The van der Waals surface area contributed by atoms with Crippen molar-refractivity contribution in [3.05, 3.63) is 117 Å². The van der Waals surface area contributed by atoms with Gasteiger partial charge in [-0.05, 0) is 136 Å². The fourth-order valence-electron chi connectivity index (χ4n) is 8.44. The van der Waals surface area contributed by atoms with E-state index in [2.05, 4.69) is 33.3 Å². The molecule has 384 valence electrons. The molecule has 2 aromatic carbocycles. The summed E-state index contributed by atoms with van der Waals surface area (Å²) in [6.45, 7) is 19.2. The summed E-state index contributed by atoms with van der Waals surface area (Å²) in [6.07, 6.45) is 7.46. The lowest BCUT2D eigenvalue weighted by atomic mass is 9.98. The van der Waals surface area contributed by atoms with Gasteiger partial charge in [0, 0.05) is 48.0 Å². The molecule has 8 rings (SSSR count). The molecule has 6 aromatic rings. The summed E-state index contributed by atoms with van der Waals surface area (Å²) in [5.41, 5.74) is 9.80. The number of amides is 2. The van der Waals surface area contributed by atoms with E-state index >= 15 is 0 Å². The number of likely N-dealkylation sites (tertiary alicyclic amines) is 2. The van der Waals surface area contributed by atoms with Gasteiger partial charge >= 0.3 is 12.1 Å². The third-order valence-electron chi connectivity index (χ3n) is 12.3. The van der Waals surface area contributed by atoms with E-state index in [0.29, 0.717) is 18.7 Å². The van der Waals surface area contributed by atoms with E-state index < -0.39 is 31.6 Å². The lowest BCUT2D eigenvalue weighted by molar-refractivity contribution is 0.00893. The summed E-state index contributed by atoms with van der Waals surface area (Å²) in [7, 11) is -6.95. The van der Waals surface area contributed by atoms with Crippen LogP contribution in [0.1, 0.15) is 145 Å². The first-order chi connectivity index (χ1) is 32.7. The molecule has 4 aromatic heterocycles. The summed E-state index contributed by atoms with van der Waals surface area (Å²) in [6, 6.07) is 16.2. The van der Waals surface area contributed by atoms with Gasteiger partial charge in [-0.3, -0.25) is 19.1 Å². The van der Waals surface area contributed by atoms with Crippen molar-refractivity contribution in [2.24, 2.45) is 0 Å². The minimum atomic E-state index is -3.50. The Kier molecular flexibility index (Phi) is 17.3. The number of carboxylic acid groups (broad SMARTS) is 1. The number of ether oxygens (including phenoxy) is 1. The highest BCUT2D eigenvalue weighted by Gasteiger charge is 2.34. The minimum Gasteiger partial charge on any atom is -0.478 e. The number of nitrogens with zero attached hydrogens (tertiary/aromatic N) is 8. The Morgan fingerprint density at radius 1 is 0.648 bits per heavy atom. The normalized spacial score (nSPS) is 16.2. The number of aromatic carboxylic acids is 1. The molecule has 0 spiro atoms. The highest BCUT2D eigenvalue weighted by molar-refractivity contribution is 7.92. The maximum Gasteiger partial charge on any atom is 0.410 e. The zero-order valence-electron chi connectivity index (χ0n) is 41.7. The molecule has 6 heterocycles. The molecule has 2 aliphatic heterocycles. The van der Waals surface area contributed by atoms with Crippen LogP contribution < -0.4 is 9.44 Å². The smallest absolute Gasteiger partial charge is 0.410 e. The fourth-order valence-corrected chi connectivity index (χ4v) is 9.60. The number of carboxylic acids is 1. The molecule has 0 aliphatic carbocycles. The zero-order valence-corrected chi connectivity index (χ0v) is 43.3. The van der Waals surface area contributed by atoms with Crippen molar-refractivity contribution in [1.29, 1.82) is 0 Å². The number of carbonyl (C=O) groups excluding carboxylic acids is 2. The number of para-hydroxylation sites is 2. The first kappa shape index (κ1) is 55.3. The maximum absolute atomic E-state index is 13.5. The van der Waals surface area contributed by atoms with Crippen LogP contribution >= 0.6 is 0 Å². The highest BCUT2D eigenvalue weighted by Crippen LogP contribution is 2.35. The van der Waals surface area contributed by atoms with Crippen LogP contribution in [0.4, 0.5) is 16.2 Å². The number of hydrogen-bond acceptors (Lipinski definition) is 12. The Bertz CT molecular complexity index is 3160. The highest BCUT2D eigenvalue weighted by atomic mass is 32.2. The monoisotopic (exact) mass is 1020 g/mol. The fraction of sp³-hybridized carbons (Fsp3) is 0.460. The quantitative estimate of drug-likeness (QED) is 0.129. The Hall–Kier alpha value is -6.61. The maximum atomic E-state index is 13.5. The second-order valence-electron chi connectivity index (χ2n) is 18.8. The molecule has 0 bridgehead atoms. The molecule has 2 amide bonds. The number of aryl methyl sites for hydroxylation is 4. The van der Waals surface area contributed by atoms with Gasteiger partial charge < -0.3 is 14.7 Å². The second kappa shape index (κ2) is 22.2. The number of hydrogen-bond donors (Lipinski definition) is 3. The van der Waals surface area contributed by atoms with Crippen LogP contribution in [0, 0.1) is 41.5 Å². The third-order valence-corrected chi connectivity index (χ3v) is 13.5. The van der Waals surface area contributed by atoms with Crippen molar-refractivity contribution >= 4 is 60.7 Å². The van der Waals surface area contributed by atoms with Gasteiger partial charge in [0.05, 0.1) is 58.5 Å². The second-order valence-corrected chi connectivity index (χ2v) is 22.3. The van der Waals surface area contributed by atoms with Crippen molar-refractivity contribution in [1.82, 2.24) is 39.0 Å². The van der Waals surface area contributed by atoms with Crippen LogP contribution in [0.25, 0.3) is 11.3 Å². The lowest BCUT2D eigenvalue weighted by Crippen LogP contribution is -2.42. The van der Waals surface area contributed by atoms with Gasteiger partial charge in [-0.2, -0.15) is 10.2 Å². The van der Waals surface area contributed by atoms with Crippen molar-refractivity contribution in [2.45, 2.75) is 126 Å². The molecule has 2 atom stereocenters. The van der Waals surface area contributed by atoms with Gasteiger partial charge in [0.1, 0.15) is 5.60 Å². The van der Waals surface area contributed by atoms with Crippen molar-refractivity contribution < 1.29 is 41.1 Å². The largest absolute Gasteiger partial charge is 0.478 e. The van der Waals surface area contributed by atoms with Gasteiger partial charge in [-0.1, -0.05) is 31.7 Å². The number of nitrogens with one attached hydrogen (secondary N) is 2. The van der Waals surface area contributed by atoms with Crippen molar-refractivity contribution in [3.63, 3.8) is 0 Å². The third kappa shape index (κ3) is 13.6. The van der Waals surface area contributed by atoms with Crippen molar-refractivity contribution in [2.75, 3.05) is 35.0 Å². The average molecular weight is 1020 g/mol. The topological polar surface area (TPSA) is 240 Å². The van der Waals surface area contributed by atoms with Crippen LogP contribution in [0.3, 0.4) is 0 Å². The van der Waals surface area contributed by atoms with E-state index in [1.165, 1.54) is 18.2 Å². The Morgan fingerprint density at radius 2 is 1.06 bits per heavy atom. The number of sulfonamides is 2. The zero-order chi connectivity index (χ0) is 51.5. The molecular formula is C50H68N10O9S2.